The lowest BCUT2D eigenvalue weighted by Gasteiger charge is -2.10. The number of amides is 1. The highest BCUT2D eigenvalue weighted by molar-refractivity contribution is 9.10. The SMILES string of the molecule is COC(=O)Nc1nc2c(Br)nn(Cc3ccc(CO)cc3OC)c2c(=O)[nH]1. The van der Waals surface area contributed by atoms with Gasteiger partial charge in [0.1, 0.15) is 11.3 Å². The van der Waals surface area contributed by atoms with Gasteiger partial charge >= 0.3 is 6.09 Å². The lowest BCUT2D eigenvalue weighted by atomic mass is 10.1. The van der Waals surface area contributed by atoms with Crippen LogP contribution in [0.3, 0.4) is 0 Å². The zero-order valence-corrected chi connectivity index (χ0v) is 16.0. The van der Waals surface area contributed by atoms with E-state index < -0.39 is 11.7 Å². The smallest absolute Gasteiger partial charge is 0.413 e. The molecule has 27 heavy (non-hydrogen) atoms. The molecule has 1 aromatic carbocycles. The molecule has 0 atom stereocenters. The molecular formula is C16H16BrN5O5. The van der Waals surface area contributed by atoms with Crippen LogP contribution < -0.4 is 15.6 Å². The minimum Gasteiger partial charge on any atom is -0.496 e. The number of aromatic amines is 1. The van der Waals surface area contributed by atoms with Gasteiger partial charge in [-0.05, 0) is 27.6 Å². The molecule has 1 amide bonds. The fourth-order valence-corrected chi connectivity index (χ4v) is 3.02. The van der Waals surface area contributed by atoms with E-state index in [4.69, 9.17) is 4.74 Å². The summed E-state index contributed by atoms with van der Waals surface area (Å²) < 4.78 is 11.7. The zero-order chi connectivity index (χ0) is 19.6. The number of methoxy groups -OCH3 is 2. The van der Waals surface area contributed by atoms with E-state index in [9.17, 15) is 14.7 Å². The Kier molecular flexibility index (Phi) is 5.42. The van der Waals surface area contributed by atoms with Gasteiger partial charge in [0, 0.05) is 5.56 Å². The molecule has 0 fully saturated rings. The van der Waals surface area contributed by atoms with Crippen LogP contribution in [0.25, 0.3) is 11.0 Å². The van der Waals surface area contributed by atoms with Crippen molar-refractivity contribution in [3.05, 3.63) is 44.3 Å². The van der Waals surface area contributed by atoms with Crippen molar-refractivity contribution in [3.63, 3.8) is 0 Å². The van der Waals surface area contributed by atoms with Crippen molar-refractivity contribution in [1.29, 1.82) is 0 Å². The highest BCUT2D eigenvalue weighted by Gasteiger charge is 2.17. The van der Waals surface area contributed by atoms with E-state index in [0.717, 1.165) is 5.56 Å². The molecule has 0 saturated heterocycles. The summed E-state index contributed by atoms with van der Waals surface area (Å²) in [5.41, 5.74) is 1.51. The van der Waals surface area contributed by atoms with Crippen molar-refractivity contribution in [3.8, 4) is 5.75 Å². The van der Waals surface area contributed by atoms with E-state index in [2.05, 4.69) is 41.1 Å². The summed E-state index contributed by atoms with van der Waals surface area (Å²) >= 11 is 3.29. The number of benzene rings is 1. The molecule has 0 aliphatic carbocycles. The minimum atomic E-state index is -0.755. The van der Waals surface area contributed by atoms with Crippen molar-refractivity contribution < 1.29 is 19.4 Å². The zero-order valence-electron chi connectivity index (χ0n) is 14.4. The molecule has 0 spiro atoms. The molecule has 0 unspecified atom stereocenters. The van der Waals surface area contributed by atoms with Gasteiger partial charge in [0.15, 0.2) is 10.1 Å². The van der Waals surface area contributed by atoms with Crippen LogP contribution in [0, 0.1) is 0 Å². The van der Waals surface area contributed by atoms with Gasteiger partial charge in [0.05, 0.1) is 27.4 Å². The summed E-state index contributed by atoms with van der Waals surface area (Å²) in [6, 6.07) is 5.27. The molecule has 3 aromatic rings. The van der Waals surface area contributed by atoms with Crippen molar-refractivity contribution >= 4 is 39.0 Å². The third-order valence-electron chi connectivity index (χ3n) is 3.82. The first-order valence-electron chi connectivity index (χ1n) is 7.74. The first-order chi connectivity index (χ1) is 13.0. The van der Waals surface area contributed by atoms with Gasteiger partial charge in [0.25, 0.3) is 5.56 Å². The number of aromatic nitrogens is 4. The lowest BCUT2D eigenvalue weighted by molar-refractivity contribution is 0.186. The highest BCUT2D eigenvalue weighted by Crippen LogP contribution is 2.25. The van der Waals surface area contributed by atoms with Gasteiger partial charge in [-0.2, -0.15) is 5.10 Å². The Labute approximate surface area is 161 Å². The van der Waals surface area contributed by atoms with Crippen LogP contribution >= 0.6 is 15.9 Å². The third kappa shape index (κ3) is 3.78. The number of hydrogen-bond acceptors (Lipinski definition) is 7. The number of aliphatic hydroxyl groups excluding tert-OH is 1. The summed E-state index contributed by atoms with van der Waals surface area (Å²) in [5.74, 6) is 0.513. The molecule has 10 nitrogen and oxygen atoms in total. The van der Waals surface area contributed by atoms with Gasteiger partial charge in [0.2, 0.25) is 5.95 Å². The Morgan fingerprint density at radius 3 is 2.85 bits per heavy atom. The van der Waals surface area contributed by atoms with Crippen LogP contribution in [0.4, 0.5) is 10.7 Å². The Morgan fingerprint density at radius 2 is 2.19 bits per heavy atom. The van der Waals surface area contributed by atoms with Crippen LogP contribution in [0.15, 0.2) is 27.6 Å². The van der Waals surface area contributed by atoms with E-state index in [1.165, 1.54) is 18.9 Å². The predicted molar refractivity (Wildman–Crippen MR) is 99.9 cm³/mol. The molecule has 3 N–H and O–H groups in total. The standard InChI is InChI=1S/C16H16BrN5O5/c1-26-10-5-8(7-23)3-4-9(10)6-22-12-11(13(17)21-22)18-15(19-14(12)24)20-16(25)27-2/h3-5,23H,6-7H2,1-2H3,(H2,18,19,20,24,25). The summed E-state index contributed by atoms with van der Waals surface area (Å²) in [5, 5.41) is 15.9. The van der Waals surface area contributed by atoms with Crippen LogP contribution in [-0.2, 0) is 17.9 Å². The van der Waals surface area contributed by atoms with Crippen LogP contribution in [0.2, 0.25) is 0 Å². The molecule has 0 saturated carbocycles. The summed E-state index contributed by atoms with van der Waals surface area (Å²) in [4.78, 5) is 30.5. The average Bonchev–Trinajstić information content (AvgIpc) is 2.97. The van der Waals surface area contributed by atoms with Gasteiger partial charge < -0.3 is 14.6 Å². The van der Waals surface area contributed by atoms with Gasteiger partial charge in [-0.25, -0.2) is 9.78 Å². The largest absolute Gasteiger partial charge is 0.496 e. The topological polar surface area (TPSA) is 131 Å². The average molecular weight is 438 g/mol. The Bertz CT molecular complexity index is 1060. The second-order valence-electron chi connectivity index (χ2n) is 5.48. The number of H-pyrrole nitrogens is 1. The van der Waals surface area contributed by atoms with Gasteiger partial charge in [-0.15, -0.1) is 0 Å². The molecule has 142 valence electrons. The number of rotatable bonds is 5. The minimum absolute atomic E-state index is 0.0514. The van der Waals surface area contributed by atoms with E-state index in [-0.39, 0.29) is 30.1 Å². The monoisotopic (exact) mass is 437 g/mol. The highest BCUT2D eigenvalue weighted by atomic mass is 79.9. The number of ether oxygens (including phenoxy) is 2. The number of fused-ring (bicyclic) bond motifs is 1. The Morgan fingerprint density at radius 1 is 1.41 bits per heavy atom. The quantitative estimate of drug-likeness (QED) is 0.552. The maximum Gasteiger partial charge on any atom is 0.413 e. The number of nitrogens with zero attached hydrogens (tertiary/aromatic N) is 3. The molecule has 0 radical (unpaired) electrons. The number of aliphatic hydroxyl groups is 1. The molecule has 11 heteroatoms. The first-order valence-corrected chi connectivity index (χ1v) is 8.54. The summed E-state index contributed by atoms with van der Waals surface area (Å²) in [6.45, 7) is 0.137. The van der Waals surface area contributed by atoms with Crippen LogP contribution in [0.1, 0.15) is 11.1 Å². The number of nitrogens with one attached hydrogen (secondary N) is 2. The Hall–Kier alpha value is -2.92. The van der Waals surface area contributed by atoms with E-state index in [1.807, 2.05) is 0 Å². The van der Waals surface area contributed by atoms with Crippen molar-refractivity contribution in [2.45, 2.75) is 13.2 Å². The van der Waals surface area contributed by atoms with Gasteiger partial charge in [-0.3, -0.25) is 19.8 Å². The second-order valence-corrected chi connectivity index (χ2v) is 6.23. The van der Waals surface area contributed by atoms with Crippen LogP contribution in [-0.4, -0.2) is 45.2 Å². The van der Waals surface area contributed by atoms with Crippen molar-refractivity contribution in [1.82, 2.24) is 19.7 Å². The lowest BCUT2D eigenvalue weighted by Crippen LogP contribution is -2.19. The molecule has 2 heterocycles. The molecule has 0 bridgehead atoms. The number of halogens is 1. The number of hydrogen-bond donors (Lipinski definition) is 3. The van der Waals surface area contributed by atoms with Gasteiger partial charge in [-0.1, -0.05) is 12.1 Å². The maximum absolute atomic E-state index is 12.5. The summed E-state index contributed by atoms with van der Waals surface area (Å²) in [6.07, 6.45) is -0.755. The maximum atomic E-state index is 12.5. The third-order valence-corrected chi connectivity index (χ3v) is 4.35. The number of carbonyl (C=O) groups is 1. The molecule has 0 aliphatic heterocycles. The van der Waals surface area contributed by atoms with Crippen molar-refractivity contribution in [2.75, 3.05) is 19.5 Å². The fraction of sp³-hybridized carbons (Fsp3) is 0.250. The van der Waals surface area contributed by atoms with E-state index in [1.54, 1.807) is 18.2 Å². The fourth-order valence-electron chi connectivity index (χ4n) is 2.55. The summed E-state index contributed by atoms with van der Waals surface area (Å²) in [7, 11) is 2.73. The van der Waals surface area contributed by atoms with Crippen LogP contribution in [0.5, 0.6) is 5.75 Å². The second kappa shape index (κ2) is 7.76. The molecular weight excluding hydrogens is 422 g/mol. The number of carbonyl (C=O) groups excluding carboxylic acids is 1. The molecule has 2 aromatic heterocycles. The first kappa shape index (κ1) is 18.9. The predicted octanol–water partition coefficient (Wildman–Crippen LogP) is 1.61. The molecule has 0 aliphatic rings. The normalized spacial score (nSPS) is 10.8. The number of anilines is 1. The van der Waals surface area contributed by atoms with Crippen molar-refractivity contribution in [2.24, 2.45) is 0 Å². The van der Waals surface area contributed by atoms with E-state index >= 15 is 0 Å². The van der Waals surface area contributed by atoms with E-state index in [0.29, 0.717) is 15.9 Å². The Balaban J connectivity index is 2.04. The molecule has 3 rings (SSSR count).